The molecule has 522 valence electrons. The molecule has 88 heavy (non-hydrogen) atoms. The highest BCUT2D eigenvalue weighted by Crippen LogP contribution is 2.45. The smallest absolute Gasteiger partial charge is 0.462 e. The number of ether oxygens (including phenoxy) is 4. The average Bonchev–Trinajstić information content (AvgIpc) is 3.57. The largest absolute Gasteiger partial charge is 0.472 e. The topological polar surface area (TPSA) is 237 Å². The zero-order valence-electron chi connectivity index (χ0n) is 57.3. The van der Waals surface area contributed by atoms with Crippen LogP contribution in [0.5, 0.6) is 0 Å². The molecule has 3 unspecified atom stereocenters. The third-order valence-corrected chi connectivity index (χ3v) is 18.1. The monoisotopic (exact) mass is 1300 g/mol. The van der Waals surface area contributed by atoms with Crippen LogP contribution in [0.4, 0.5) is 0 Å². The van der Waals surface area contributed by atoms with Crippen LogP contribution < -0.4 is 0 Å². The number of hydrogen-bond acceptors (Lipinski definition) is 15. The second-order valence-electron chi connectivity index (χ2n) is 26.6. The minimum Gasteiger partial charge on any atom is -0.462 e. The first-order valence-corrected chi connectivity index (χ1v) is 38.7. The van der Waals surface area contributed by atoms with Gasteiger partial charge in [-0.05, 0) is 49.4 Å². The normalized spacial score (nSPS) is 14.6. The average molecular weight is 1300 g/mol. The summed E-state index contributed by atoms with van der Waals surface area (Å²) in [7, 11) is -9.90. The Hall–Kier alpha value is -1.94. The van der Waals surface area contributed by atoms with Crippen molar-refractivity contribution in [1.82, 2.24) is 0 Å². The number of phosphoric ester groups is 2. The van der Waals surface area contributed by atoms with E-state index in [1.807, 2.05) is 0 Å². The molecule has 6 atom stereocenters. The Labute approximate surface area is 537 Å². The van der Waals surface area contributed by atoms with Gasteiger partial charge < -0.3 is 33.8 Å². The number of carbonyl (C=O) groups excluding carboxylic acids is 4. The van der Waals surface area contributed by atoms with Crippen LogP contribution >= 0.6 is 15.6 Å². The van der Waals surface area contributed by atoms with Crippen molar-refractivity contribution in [1.29, 1.82) is 0 Å². The standard InChI is InChI=1S/C69H134O17P2/c1-9-62(8)48-40-32-23-16-13-14-18-26-36-44-52-69(74)86-65(56-80-67(72)50-42-34-28-27-31-39-47-61(6)7)58-84-88(77,78)82-54-63(70)53-81-87(75,76)83-57-64(55-79-66(71)49-41-33-24-20-19-22-30-38-46-60(4)5)85-68(73)51-43-35-25-17-12-10-11-15-21-29-37-45-59(2)3/h59-65,70H,9-58H2,1-8H3,(H,75,76)(H,77,78)/t62?,63-,64-,65-/m1/s1. The van der Waals surface area contributed by atoms with Gasteiger partial charge in [0, 0.05) is 25.7 Å². The van der Waals surface area contributed by atoms with Crippen LogP contribution in [-0.2, 0) is 65.4 Å². The second-order valence-corrected chi connectivity index (χ2v) is 29.5. The maximum absolute atomic E-state index is 13.0. The van der Waals surface area contributed by atoms with Gasteiger partial charge in [-0.2, -0.15) is 0 Å². The lowest BCUT2D eigenvalue weighted by Gasteiger charge is -2.21. The quantitative estimate of drug-likeness (QED) is 0.0222. The van der Waals surface area contributed by atoms with Crippen molar-refractivity contribution in [2.75, 3.05) is 39.6 Å². The fraction of sp³-hybridized carbons (Fsp3) is 0.942. The summed E-state index contributed by atoms with van der Waals surface area (Å²) in [5, 5.41) is 10.6. The van der Waals surface area contributed by atoms with Gasteiger partial charge in [0.05, 0.1) is 26.4 Å². The fourth-order valence-electron chi connectivity index (χ4n) is 10.3. The first-order valence-electron chi connectivity index (χ1n) is 35.7. The third-order valence-electron chi connectivity index (χ3n) is 16.2. The predicted octanol–water partition coefficient (Wildman–Crippen LogP) is 19.3. The number of aliphatic hydroxyl groups is 1. The Morgan fingerprint density at radius 3 is 0.807 bits per heavy atom. The summed E-state index contributed by atoms with van der Waals surface area (Å²) in [6, 6.07) is 0. The summed E-state index contributed by atoms with van der Waals surface area (Å²) in [6.45, 7) is 14.0. The van der Waals surface area contributed by atoms with Gasteiger partial charge in [0.2, 0.25) is 0 Å². The zero-order chi connectivity index (χ0) is 65.4. The Bertz CT molecular complexity index is 1750. The van der Waals surface area contributed by atoms with E-state index in [9.17, 15) is 43.2 Å². The molecule has 0 aliphatic rings. The summed E-state index contributed by atoms with van der Waals surface area (Å²) < 4.78 is 68.2. The number of rotatable bonds is 66. The molecule has 0 heterocycles. The van der Waals surface area contributed by atoms with Crippen LogP contribution in [0.25, 0.3) is 0 Å². The van der Waals surface area contributed by atoms with Crippen molar-refractivity contribution in [3.63, 3.8) is 0 Å². The van der Waals surface area contributed by atoms with Crippen LogP contribution in [0.3, 0.4) is 0 Å². The van der Waals surface area contributed by atoms with Crippen molar-refractivity contribution in [3.8, 4) is 0 Å². The molecule has 0 aromatic rings. The Balaban J connectivity index is 5.25. The van der Waals surface area contributed by atoms with Gasteiger partial charge in [0.25, 0.3) is 0 Å². The van der Waals surface area contributed by atoms with E-state index < -0.39 is 97.5 Å². The molecule has 0 rings (SSSR count). The van der Waals surface area contributed by atoms with E-state index in [0.717, 1.165) is 114 Å². The summed E-state index contributed by atoms with van der Waals surface area (Å²) in [6.07, 6.45) is 40.4. The molecule has 17 nitrogen and oxygen atoms in total. The molecule has 3 N–H and O–H groups in total. The van der Waals surface area contributed by atoms with E-state index in [-0.39, 0.29) is 25.7 Å². The molecule has 0 aromatic heterocycles. The lowest BCUT2D eigenvalue weighted by Crippen LogP contribution is -2.30. The molecular formula is C69H134O17P2. The van der Waals surface area contributed by atoms with Crippen molar-refractivity contribution >= 4 is 39.5 Å². The molecule has 0 aliphatic heterocycles. The third kappa shape index (κ3) is 61.6. The Kier molecular flexibility index (Phi) is 57.6. The number of esters is 4. The SMILES string of the molecule is CCC(C)CCCCCCCCCCCCC(=O)O[C@H](COC(=O)CCCCCCCCC(C)C)COP(=O)(O)OC[C@H](O)COP(=O)(O)OC[C@@H](COC(=O)CCCCCCCCCCC(C)C)OC(=O)CCCCCCCCCCCCCC(C)C. The second kappa shape index (κ2) is 58.8. The van der Waals surface area contributed by atoms with Crippen LogP contribution in [0.2, 0.25) is 0 Å². The summed E-state index contributed by atoms with van der Waals surface area (Å²) in [4.78, 5) is 72.5. The Morgan fingerprint density at radius 1 is 0.318 bits per heavy atom. The highest BCUT2D eigenvalue weighted by Gasteiger charge is 2.30. The van der Waals surface area contributed by atoms with Crippen LogP contribution in [0, 0.1) is 23.7 Å². The van der Waals surface area contributed by atoms with Crippen molar-refractivity contribution < 1.29 is 80.2 Å². The van der Waals surface area contributed by atoms with E-state index in [1.54, 1.807) is 0 Å². The van der Waals surface area contributed by atoms with Gasteiger partial charge in [0.15, 0.2) is 12.2 Å². The molecule has 0 fully saturated rings. The van der Waals surface area contributed by atoms with Gasteiger partial charge in [-0.15, -0.1) is 0 Å². The molecule has 0 radical (unpaired) electrons. The minimum atomic E-state index is -4.95. The number of aliphatic hydroxyl groups excluding tert-OH is 1. The van der Waals surface area contributed by atoms with Crippen LogP contribution in [0.1, 0.15) is 338 Å². The van der Waals surface area contributed by atoms with Gasteiger partial charge in [-0.1, -0.05) is 287 Å². The highest BCUT2D eigenvalue weighted by atomic mass is 31.2. The van der Waals surface area contributed by atoms with Crippen LogP contribution in [0.15, 0.2) is 0 Å². The summed E-state index contributed by atoms with van der Waals surface area (Å²) in [5.74, 6) is 0.841. The van der Waals surface area contributed by atoms with Crippen LogP contribution in [-0.4, -0.2) is 96.7 Å². The van der Waals surface area contributed by atoms with Crippen molar-refractivity contribution in [2.24, 2.45) is 23.7 Å². The molecule has 0 aliphatic carbocycles. The van der Waals surface area contributed by atoms with E-state index in [4.69, 9.17) is 37.0 Å². The number of unbranched alkanes of at least 4 members (excludes halogenated alkanes) is 31. The first-order chi connectivity index (χ1) is 42.1. The van der Waals surface area contributed by atoms with Gasteiger partial charge in [-0.25, -0.2) is 9.13 Å². The van der Waals surface area contributed by atoms with E-state index >= 15 is 0 Å². The van der Waals surface area contributed by atoms with E-state index in [1.165, 1.54) is 135 Å². The summed E-state index contributed by atoms with van der Waals surface area (Å²) >= 11 is 0. The maximum Gasteiger partial charge on any atom is 0.472 e. The zero-order valence-corrected chi connectivity index (χ0v) is 59.1. The minimum absolute atomic E-state index is 0.105. The molecule has 19 heteroatoms. The van der Waals surface area contributed by atoms with E-state index in [0.29, 0.717) is 31.6 Å². The summed E-state index contributed by atoms with van der Waals surface area (Å²) in [5.41, 5.74) is 0. The number of phosphoric acid groups is 2. The molecule has 0 amide bonds. The molecule has 0 saturated heterocycles. The Morgan fingerprint density at radius 2 is 0.545 bits per heavy atom. The lowest BCUT2D eigenvalue weighted by molar-refractivity contribution is -0.161. The molecule has 0 saturated carbocycles. The molecular weight excluding hydrogens is 1160 g/mol. The molecule has 0 aromatic carbocycles. The maximum atomic E-state index is 13.0. The number of hydrogen-bond donors (Lipinski definition) is 3. The van der Waals surface area contributed by atoms with Gasteiger partial charge in [0.1, 0.15) is 19.3 Å². The lowest BCUT2D eigenvalue weighted by atomic mass is 9.99. The molecule has 0 bridgehead atoms. The van der Waals surface area contributed by atoms with E-state index in [2.05, 4.69) is 55.4 Å². The van der Waals surface area contributed by atoms with Gasteiger partial charge in [-0.3, -0.25) is 37.3 Å². The number of carbonyl (C=O) groups is 4. The highest BCUT2D eigenvalue weighted by molar-refractivity contribution is 7.47. The van der Waals surface area contributed by atoms with Crippen molar-refractivity contribution in [2.45, 2.75) is 356 Å². The predicted molar refractivity (Wildman–Crippen MR) is 354 cm³/mol. The fourth-order valence-corrected chi connectivity index (χ4v) is 11.9. The van der Waals surface area contributed by atoms with Gasteiger partial charge >= 0.3 is 39.5 Å². The molecule has 0 spiro atoms. The first kappa shape index (κ1) is 86.1. The van der Waals surface area contributed by atoms with Crippen molar-refractivity contribution in [3.05, 3.63) is 0 Å².